The van der Waals surface area contributed by atoms with Crippen molar-refractivity contribution in [2.45, 2.75) is 32.3 Å². The number of hydrogen-bond acceptors (Lipinski definition) is 6. The highest BCUT2D eigenvalue weighted by Crippen LogP contribution is 2.25. The van der Waals surface area contributed by atoms with Gasteiger partial charge in [-0.1, -0.05) is 23.9 Å². The van der Waals surface area contributed by atoms with Crippen molar-refractivity contribution >= 4 is 11.8 Å². The molecule has 0 bridgehead atoms. The number of thioether (sulfide) groups is 1. The lowest BCUT2D eigenvalue weighted by Gasteiger charge is -2.09. The lowest BCUT2D eigenvalue weighted by Crippen LogP contribution is -2.12. The fourth-order valence-electron chi connectivity index (χ4n) is 2.44. The summed E-state index contributed by atoms with van der Waals surface area (Å²) >= 11 is 1.57. The van der Waals surface area contributed by atoms with Crippen LogP contribution in [0.1, 0.15) is 23.3 Å². The number of ether oxygens (including phenoxy) is 1. The van der Waals surface area contributed by atoms with Gasteiger partial charge in [0.25, 0.3) is 0 Å². The summed E-state index contributed by atoms with van der Waals surface area (Å²) in [6.07, 6.45) is 2.52. The molecule has 0 aliphatic carbocycles. The molecule has 0 spiro atoms. The first-order valence-corrected chi connectivity index (χ1v) is 9.12. The molecule has 2 N–H and O–H groups in total. The van der Waals surface area contributed by atoms with E-state index >= 15 is 0 Å². The van der Waals surface area contributed by atoms with Crippen LogP contribution in [-0.4, -0.2) is 27.2 Å². The van der Waals surface area contributed by atoms with Gasteiger partial charge >= 0.3 is 0 Å². The number of aromatic nitrogens is 3. The van der Waals surface area contributed by atoms with Gasteiger partial charge in [0.2, 0.25) is 5.16 Å². The molecule has 0 saturated carbocycles. The van der Waals surface area contributed by atoms with Crippen molar-refractivity contribution in [3.63, 3.8) is 0 Å². The van der Waals surface area contributed by atoms with Crippen LogP contribution in [0.25, 0.3) is 11.4 Å². The van der Waals surface area contributed by atoms with Gasteiger partial charge in [-0.3, -0.25) is 0 Å². The third kappa shape index (κ3) is 3.99. The molecular formula is C18H22N4O2S. The summed E-state index contributed by atoms with van der Waals surface area (Å²) in [5.41, 5.74) is 3.22. The Hall–Kier alpha value is -2.41. The molecule has 1 aromatic carbocycles. The molecule has 0 aliphatic rings. The second kappa shape index (κ2) is 7.65. The van der Waals surface area contributed by atoms with Gasteiger partial charge < -0.3 is 15.0 Å². The number of furan rings is 1. The fraction of sp³-hybridized carbons (Fsp3) is 0.333. The van der Waals surface area contributed by atoms with E-state index in [0.717, 1.165) is 34.8 Å². The maximum atomic E-state index is 6.10. The van der Waals surface area contributed by atoms with E-state index in [1.807, 2.05) is 13.0 Å². The Labute approximate surface area is 151 Å². The molecule has 0 saturated heterocycles. The number of rotatable bonds is 7. The number of aryl methyl sites for hydroxylation is 3. The largest absolute Gasteiger partial charge is 0.493 e. The van der Waals surface area contributed by atoms with E-state index in [9.17, 15) is 0 Å². The Balaban J connectivity index is 1.51. The third-order valence-corrected chi connectivity index (χ3v) is 4.91. The van der Waals surface area contributed by atoms with E-state index in [-0.39, 0.29) is 0 Å². The zero-order chi connectivity index (χ0) is 17.8. The Kier molecular flexibility index (Phi) is 5.33. The maximum Gasteiger partial charge on any atom is 0.210 e. The second-order valence-corrected chi connectivity index (χ2v) is 6.95. The number of nitrogens with zero attached hydrogens (tertiary/aromatic N) is 3. The summed E-state index contributed by atoms with van der Waals surface area (Å²) in [7, 11) is 0. The maximum absolute atomic E-state index is 6.10. The van der Waals surface area contributed by atoms with Crippen molar-refractivity contribution < 1.29 is 9.15 Å². The first kappa shape index (κ1) is 17.4. The van der Waals surface area contributed by atoms with Gasteiger partial charge in [-0.25, -0.2) is 4.68 Å². The number of nitrogen functional groups attached to an aromatic ring is 1. The molecule has 0 amide bonds. The molecule has 132 valence electrons. The van der Waals surface area contributed by atoms with Crippen LogP contribution in [0.3, 0.4) is 0 Å². The SMILES string of the molecule is Cc1ccc(C)c(OCCCSc2nnc(-c3ccoc3C)n2N)c1. The van der Waals surface area contributed by atoms with Crippen LogP contribution in [-0.2, 0) is 0 Å². The molecule has 3 aromatic rings. The summed E-state index contributed by atoms with van der Waals surface area (Å²) in [5.74, 6) is 9.29. The van der Waals surface area contributed by atoms with E-state index in [1.54, 1.807) is 18.0 Å². The highest BCUT2D eigenvalue weighted by Gasteiger charge is 2.15. The van der Waals surface area contributed by atoms with E-state index in [0.29, 0.717) is 17.6 Å². The lowest BCUT2D eigenvalue weighted by molar-refractivity contribution is 0.316. The van der Waals surface area contributed by atoms with Crippen molar-refractivity contribution in [1.29, 1.82) is 0 Å². The quantitative estimate of drug-likeness (QED) is 0.394. The molecule has 0 unspecified atom stereocenters. The molecule has 25 heavy (non-hydrogen) atoms. The minimum Gasteiger partial charge on any atom is -0.493 e. The summed E-state index contributed by atoms with van der Waals surface area (Å²) < 4.78 is 12.7. The van der Waals surface area contributed by atoms with Crippen LogP contribution in [0.4, 0.5) is 0 Å². The van der Waals surface area contributed by atoms with Gasteiger partial charge in [0.05, 0.1) is 18.4 Å². The first-order chi connectivity index (χ1) is 12.1. The zero-order valence-corrected chi connectivity index (χ0v) is 15.5. The molecule has 6 nitrogen and oxygen atoms in total. The van der Waals surface area contributed by atoms with Gasteiger partial charge in [-0.15, -0.1) is 10.2 Å². The molecule has 3 rings (SSSR count). The molecule has 0 atom stereocenters. The van der Waals surface area contributed by atoms with Crippen LogP contribution >= 0.6 is 11.8 Å². The Morgan fingerprint density at radius 2 is 2.04 bits per heavy atom. The van der Waals surface area contributed by atoms with Crippen LogP contribution in [0.5, 0.6) is 5.75 Å². The van der Waals surface area contributed by atoms with Gasteiger partial charge in [-0.2, -0.15) is 0 Å². The molecule has 0 fully saturated rings. The zero-order valence-electron chi connectivity index (χ0n) is 14.7. The second-order valence-electron chi connectivity index (χ2n) is 5.89. The standard InChI is InChI=1S/C18H22N4O2S/c1-12-5-6-13(2)16(11-12)24-8-4-10-25-18-21-20-17(22(18)19)15-7-9-23-14(15)3/h5-7,9,11H,4,8,10,19H2,1-3H3. The van der Waals surface area contributed by atoms with Gasteiger partial charge in [0.1, 0.15) is 11.5 Å². The first-order valence-electron chi connectivity index (χ1n) is 8.14. The Morgan fingerprint density at radius 1 is 1.20 bits per heavy atom. The minimum atomic E-state index is 0.611. The van der Waals surface area contributed by atoms with Crippen molar-refractivity contribution in [3.05, 3.63) is 47.4 Å². The molecule has 0 radical (unpaired) electrons. The topological polar surface area (TPSA) is 79.1 Å². The van der Waals surface area contributed by atoms with Crippen LogP contribution in [0.15, 0.2) is 40.1 Å². The average molecular weight is 358 g/mol. The van der Waals surface area contributed by atoms with Gasteiger partial charge in [0, 0.05) is 5.75 Å². The number of benzene rings is 1. The normalized spacial score (nSPS) is 11.0. The average Bonchev–Trinajstić information content (AvgIpc) is 3.16. The van der Waals surface area contributed by atoms with Crippen LogP contribution in [0.2, 0.25) is 0 Å². The Morgan fingerprint density at radius 3 is 2.80 bits per heavy atom. The van der Waals surface area contributed by atoms with Crippen molar-refractivity contribution in [3.8, 4) is 17.1 Å². The van der Waals surface area contributed by atoms with Crippen molar-refractivity contribution in [1.82, 2.24) is 14.9 Å². The summed E-state index contributed by atoms with van der Waals surface area (Å²) in [6, 6.07) is 8.08. The number of hydrogen-bond donors (Lipinski definition) is 1. The number of nitrogens with two attached hydrogens (primary N) is 1. The molecule has 0 aliphatic heterocycles. The lowest BCUT2D eigenvalue weighted by atomic mass is 10.1. The van der Waals surface area contributed by atoms with E-state index in [1.165, 1.54) is 10.2 Å². The van der Waals surface area contributed by atoms with Crippen LogP contribution < -0.4 is 10.6 Å². The summed E-state index contributed by atoms with van der Waals surface area (Å²) in [6.45, 7) is 6.65. The molecule has 2 aromatic heterocycles. The fourth-order valence-corrected chi connectivity index (χ4v) is 3.21. The van der Waals surface area contributed by atoms with Crippen LogP contribution in [0, 0.1) is 20.8 Å². The van der Waals surface area contributed by atoms with E-state index in [2.05, 4.69) is 42.2 Å². The highest BCUT2D eigenvalue weighted by atomic mass is 32.2. The summed E-state index contributed by atoms with van der Waals surface area (Å²) in [5, 5.41) is 9.01. The monoisotopic (exact) mass is 358 g/mol. The Bertz CT molecular complexity index is 857. The van der Waals surface area contributed by atoms with Gasteiger partial charge in [-0.05, 0) is 50.5 Å². The predicted molar refractivity (Wildman–Crippen MR) is 99.4 cm³/mol. The van der Waals surface area contributed by atoms with Crippen molar-refractivity contribution in [2.75, 3.05) is 18.2 Å². The smallest absolute Gasteiger partial charge is 0.210 e. The molecule has 7 heteroatoms. The van der Waals surface area contributed by atoms with Crippen molar-refractivity contribution in [2.24, 2.45) is 0 Å². The summed E-state index contributed by atoms with van der Waals surface area (Å²) in [4.78, 5) is 0. The van der Waals surface area contributed by atoms with E-state index in [4.69, 9.17) is 15.0 Å². The highest BCUT2D eigenvalue weighted by molar-refractivity contribution is 7.99. The van der Waals surface area contributed by atoms with E-state index < -0.39 is 0 Å². The third-order valence-electron chi connectivity index (χ3n) is 3.89. The predicted octanol–water partition coefficient (Wildman–Crippen LogP) is 3.74. The molecule has 2 heterocycles. The minimum absolute atomic E-state index is 0.611. The van der Waals surface area contributed by atoms with Gasteiger partial charge in [0.15, 0.2) is 5.82 Å². The molecular weight excluding hydrogens is 336 g/mol.